The van der Waals surface area contributed by atoms with Crippen LogP contribution in [-0.2, 0) is 10.0 Å². The van der Waals surface area contributed by atoms with Gasteiger partial charge in [-0.15, -0.1) is 11.3 Å². The minimum Gasteiger partial charge on any atom is -0.345 e. The van der Waals surface area contributed by atoms with Crippen LogP contribution < -0.4 is 4.90 Å². The largest absolute Gasteiger partial charge is 0.345 e. The maximum Gasteiger partial charge on any atom is 0.245 e. The first-order chi connectivity index (χ1) is 12.1. The molecule has 1 aliphatic rings. The van der Waals surface area contributed by atoms with E-state index < -0.39 is 10.0 Å². The number of anilines is 1. The summed E-state index contributed by atoms with van der Waals surface area (Å²) in [5.74, 6) is 0. The molecule has 0 radical (unpaired) electrons. The molecule has 130 valence electrons. The monoisotopic (exact) mass is 374 g/mol. The van der Waals surface area contributed by atoms with Crippen LogP contribution in [0.3, 0.4) is 0 Å². The van der Waals surface area contributed by atoms with Crippen molar-refractivity contribution in [1.29, 1.82) is 0 Å². The van der Waals surface area contributed by atoms with Crippen molar-refractivity contribution in [1.82, 2.24) is 14.3 Å². The lowest BCUT2D eigenvalue weighted by molar-refractivity contribution is 0.385. The Labute approximate surface area is 150 Å². The summed E-state index contributed by atoms with van der Waals surface area (Å²) >= 11 is 1.57. The lowest BCUT2D eigenvalue weighted by atomic mass is 10.2. The number of fused-ring (bicyclic) bond motifs is 1. The number of rotatable bonds is 3. The first kappa shape index (κ1) is 16.4. The van der Waals surface area contributed by atoms with Gasteiger partial charge in [0.1, 0.15) is 4.90 Å². The predicted molar refractivity (Wildman–Crippen MR) is 99.6 cm³/mol. The Hall–Kier alpha value is -2.03. The fourth-order valence-electron chi connectivity index (χ4n) is 3.08. The van der Waals surface area contributed by atoms with E-state index in [0.717, 1.165) is 16.1 Å². The molecule has 0 atom stereocenters. The molecule has 0 unspecified atom stereocenters. The number of piperazine rings is 1. The first-order valence-corrected chi connectivity index (χ1v) is 10.4. The van der Waals surface area contributed by atoms with E-state index in [2.05, 4.69) is 14.9 Å². The van der Waals surface area contributed by atoms with Crippen molar-refractivity contribution < 1.29 is 8.42 Å². The van der Waals surface area contributed by atoms with Crippen LogP contribution in [0.15, 0.2) is 46.9 Å². The number of benzene rings is 1. The van der Waals surface area contributed by atoms with Gasteiger partial charge in [-0.3, -0.25) is 4.98 Å². The normalized spacial score (nSPS) is 16.4. The molecule has 3 aromatic rings. The third kappa shape index (κ3) is 3.01. The second-order valence-corrected chi connectivity index (χ2v) is 8.83. The third-order valence-electron chi connectivity index (χ3n) is 4.36. The number of sulfonamides is 1. The number of hydrogen-bond donors (Lipinski definition) is 0. The zero-order valence-electron chi connectivity index (χ0n) is 13.8. The SMILES string of the molecule is Cc1cnc2c(S(=O)(=O)N3CCN(c4nccs4)CC3)cccc2c1. The Morgan fingerprint density at radius 1 is 1.12 bits per heavy atom. The Bertz CT molecular complexity index is 995. The maximum absolute atomic E-state index is 13.1. The van der Waals surface area contributed by atoms with E-state index in [1.807, 2.05) is 24.4 Å². The first-order valence-electron chi connectivity index (χ1n) is 8.06. The van der Waals surface area contributed by atoms with Gasteiger partial charge in [-0.05, 0) is 24.6 Å². The summed E-state index contributed by atoms with van der Waals surface area (Å²) in [4.78, 5) is 11.1. The summed E-state index contributed by atoms with van der Waals surface area (Å²) in [6.45, 7) is 4.13. The number of hydrogen-bond acceptors (Lipinski definition) is 6. The number of aryl methyl sites for hydroxylation is 1. The number of pyridine rings is 1. The van der Waals surface area contributed by atoms with Crippen molar-refractivity contribution >= 4 is 37.4 Å². The Morgan fingerprint density at radius 2 is 1.92 bits per heavy atom. The van der Waals surface area contributed by atoms with Crippen molar-refractivity contribution in [2.45, 2.75) is 11.8 Å². The molecule has 1 aliphatic heterocycles. The van der Waals surface area contributed by atoms with Crippen LogP contribution in [0.4, 0.5) is 5.13 Å². The number of nitrogens with zero attached hydrogens (tertiary/aromatic N) is 4. The average molecular weight is 374 g/mol. The maximum atomic E-state index is 13.1. The summed E-state index contributed by atoms with van der Waals surface area (Å²) in [5, 5.41) is 3.73. The van der Waals surface area contributed by atoms with Crippen molar-refractivity contribution in [3.63, 3.8) is 0 Å². The smallest absolute Gasteiger partial charge is 0.245 e. The lowest BCUT2D eigenvalue weighted by Crippen LogP contribution is -2.48. The van der Waals surface area contributed by atoms with Gasteiger partial charge in [0.15, 0.2) is 5.13 Å². The molecule has 0 amide bonds. The van der Waals surface area contributed by atoms with Gasteiger partial charge in [0.2, 0.25) is 10.0 Å². The van der Waals surface area contributed by atoms with Gasteiger partial charge in [0, 0.05) is 49.3 Å². The van der Waals surface area contributed by atoms with Crippen LogP contribution in [-0.4, -0.2) is 48.9 Å². The van der Waals surface area contributed by atoms with E-state index in [1.165, 1.54) is 0 Å². The van der Waals surface area contributed by atoms with Crippen LogP contribution >= 0.6 is 11.3 Å². The minimum atomic E-state index is -3.57. The second-order valence-electron chi connectivity index (χ2n) is 6.05. The van der Waals surface area contributed by atoms with Gasteiger partial charge in [0.25, 0.3) is 0 Å². The highest BCUT2D eigenvalue weighted by atomic mass is 32.2. The highest BCUT2D eigenvalue weighted by molar-refractivity contribution is 7.89. The second kappa shape index (κ2) is 6.36. The molecule has 1 aromatic carbocycles. The molecule has 1 saturated heterocycles. The molecule has 0 bridgehead atoms. The predicted octanol–water partition coefficient (Wildman–Crippen LogP) is 2.51. The van der Waals surface area contributed by atoms with E-state index >= 15 is 0 Å². The van der Waals surface area contributed by atoms with E-state index in [1.54, 1.807) is 40.2 Å². The number of aromatic nitrogens is 2. The average Bonchev–Trinajstić information content (AvgIpc) is 3.15. The van der Waals surface area contributed by atoms with E-state index in [4.69, 9.17) is 0 Å². The van der Waals surface area contributed by atoms with Crippen molar-refractivity contribution in [2.24, 2.45) is 0 Å². The van der Waals surface area contributed by atoms with Crippen LogP contribution in [0.1, 0.15) is 5.56 Å². The molecule has 0 aliphatic carbocycles. The molecule has 1 fully saturated rings. The minimum absolute atomic E-state index is 0.285. The fourth-order valence-corrected chi connectivity index (χ4v) is 5.37. The fraction of sp³-hybridized carbons (Fsp3) is 0.294. The van der Waals surface area contributed by atoms with Crippen LogP contribution in [0, 0.1) is 6.92 Å². The molecule has 0 saturated carbocycles. The van der Waals surface area contributed by atoms with Gasteiger partial charge < -0.3 is 4.90 Å². The van der Waals surface area contributed by atoms with Gasteiger partial charge in [-0.1, -0.05) is 12.1 Å². The summed E-state index contributed by atoms with van der Waals surface area (Å²) < 4.78 is 27.8. The van der Waals surface area contributed by atoms with Gasteiger partial charge in [-0.25, -0.2) is 13.4 Å². The lowest BCUT2D eigenvalue weighted by Gasteiger charge is -2.33. The van der Waals surface area contributed by atoms with Crippen molar-refractivity contribution in [3.05, 3.63) is 47.6 Å². The molecular formula is C17H18N4O2S2. The highest BCUT2D eigenvalue weighted by Crippen LogP contribution is 2.26. The quantitative estimate of drug-likeness (QED) is 0.705. The zero-order valence-corrected chi connectivity index (χ0v) is 15.4. The molecule has 25 heavy (non-hydrogen) atoms. The van der Waals surface area contributed by atoms with Gasteiger partial charge in [-0.2, -0.15) is 4.31 Å². The summed E-state index contributed by atoms with van der Waals surface area (Å²) in [6, 6.07) is 7.28. The molecule has 8 heteroatoms. The number of para-hydroxylation sites is 1. The molecule has 0 N–H and O–H groups in total. The van der Waals surface area contributed by atoms with Crippen LogP contribution in [0.25, 0.3) is 10.9 Å². The van der Waals surface area contributed by atoms with Gasteiger partial charge >= 0.3 is 0 Å². The highest BCUT2D eigenvalue weighted by Gasteiger charge is 2.30. The Morgan fingerprint density at radius 3 is 2.64 bits per heavy atom. The van der Waals surface area contributed by atoms with Crippen molar-refractivity contribution in [2.75, 3.05) is 31.1 Å². The third-order valence-corrected chi connectivity index (χ3v) is 7.12. The number of thiazole rings is 1. The van der Waals surface area contributed by atoms with Crippen LogP contribution in [0.5, 0.6) is 0 Å². The van der Waals surface area contributed by atoms with E-state index in [0.29, 0.717) is 31.7 Å². The van der Waals surface area contributed by atoms with Crippen molar-refractivity contribution in [3.8, 4) is 0 Å². The molecule has 0 spiro atoms. The zero-order chi connectivity index (χ0) is 17.4. The standard InChI is InChI=1S/C17H18N4O2S2/c1-13-11-14-3-2-4-15(16(14)19-12-13)25(22,23)21-8-6-20(7-9-21)17-18-5-10-24-17/h2-5,10-12H,6-9H2,1H3. The molecule has 4 rings (SSSR count). The van der Waals surface area contributed by atoms with E-state index in [9.17, 15) is 8.42 Å². The summed E-state index contributed by atoms with van der Waals surface area (Å²) in [7, 11) is -3.57. The molecule has 3 heterocycles. The molecule has 2 aromatic heterocycles. The topological polar surface area (TPSA) is 66.4 Å². The Balaban J connectivity index is 1.63. The van der Waals surface area contributed by atoms with Crippen LogP contribution in [0.2, 0.25) is 0 Å². The van der Waals surface area contributed by atoms with E-state index in [-0.39, 0.29) is 4.90 Å². The Kier molecular flexibility index (Phi) is 4.18. The van der Waals surface area contributed by atoms with Gasteiger partial charge in [0.05, 0.1) is 5.52 Å². The molecule has 6 nitrogen and oxygen atoms in total. The molecular weight excluding hydrogens is 356 g/mol. The summed E-state index contributed by atoms with van der Waals surface area (Å²) in [6.07, 6.45) is 3.48. The summed E-state index contributed by atoms with van der Waals surface area (Å²) in [5.41, 5.74) is 1.55.